The van der Waals surface area contributed by atoms with E-state index >= 15 is 0 Å². The van der Waals surface area contributed by atoms with Crippen LogP contribution in [0.1, 0.15) is 17.2 Å². The van der Waals surface area contributed by atoms with Crippen molar-refractivity contribution in [2.45, 2.75) is 6.04 Å². The highest BCUT2D eigenvalue weighted by molar-refractivity contribution is 9.10. The van der Waals surface area contributed by atoms with E-state index in [1.807, 2.05) is 16.8 Å². The Hall–Kier alpha value is -0.140. The Balaban J connectivity index is 2.41. The lowest BCUT2D eigenvalue weighted by Crippen LogP contribution is -2.28. The summed E-state index contributed by atoms with van der Waals surface area (Å²) in [6, 6.07) is 1.82. The Morgan fingerprint density at radius 1 is 1.33 bits per heavy atom. The van der Waals surface area contributed by atoms with E-state index in [1.54, 1.807) is 17.6 Å². The number of hydrogen-bond acceptors (Lipinski definition) is 4. The summed E-state index contributed by atoms with van der Waals surface area (Å²) in [4.78, 5) is 0. The van der Waals surface area contributed by atoms with Gasteiger partial charge in [0, 0.05) is 15.4 Å². The largest absolute Gasteiger partial charge is 0.457 e. The Morgan fingerprint density at radius 3 is 2.60 bits per heavy atom. The minimum absolute atomic E-state index is 0.0706. The van der Waals surface area contributed by atoms with Crippen molar-refractivity contribution in [1.29, 1.82) is 0 Å². The molecular formula is C9H8Br2N2OS. The van der Waals surface area contributed by atoms with E-state index in [2.05, 4.69) is 37.3 Å². The molecule has 3 nitrogen and oxygen atoms in total. The van der Waals surface area contributed by atoms with E-state index in [1.165, 1.54) is 0 Å². The average molecular weight is 352 g/mol. The summed E-state index contributed by atoms with van der Waals surface area (Å²) >= 11 is 8.46. The van der Waals surface area contributed by atoms with Crippen molar-refractivity contribution in [3.05, 3.63) is 43.4 Å². The molecule has 0 aliphatic carbocycles. The fourth-order valence-corrected chi connectivity index (χ4v) is 3.38. The van der Waals surface area contributed by atoms with E-state index in [0.29, 0.717) is 4.67 Å². The first-order chi connectivity index (χ1) is 7.24. The second-order valence-electron chi connectivity index (χ2n) is 2.92. The molecule has 1 unspecified atom stereocenters. The third kappa shape index (κ3) is 2.19. The van der Waals surface area contributed by atoms with Crippen LogP contribution >= 0.6 is 43.2 Å². The van der Waals surface area contributed by atoms with E-state index in [0.717, 1.165) is 15.6 Å². The van der Waals surface area contributed by atoms with Crippen LogP contribution in [0.2, 0.25) is 0 Å². The van der Waals surface area contributed by atoms with Crippen LogP contribution in [0.4, 0.5) is 0 Å². The van der Waals surface area contributed by atoms with Crippen LogP contribution in [0.25, 0.3) is 0 Å². The Kier molecular flexibility index (Phi) is 3.63. The van der Waals surface area contributed by atoms with Crippen LogP contribution in [0.3, 0.4) is 0 Å². The predicted octanol–water partition coefficient (Wildman–Crippen LogP) is 3.42. The first kappa shape index (κ1) is 11.3. The molecule has 0 saturated carbocycles. The third-order valence-corrected chi connectivity index (χ3v) is 4.47. The summed E-state index contributed by atoms with van der Waals surface area (Å²) < 4.78 is 6.94. The lowest BCUT2D eigenvalue weighted by Gasteiger charge is -2.14. The van der Waals surface area contributed by atoms with Gasteiger partial charge in [-0.2, -0.15) is 11.3 Å². The Bertz CT molecular complexity index is 414. The summed E-state index contributed by atoms with van der Waals surface area (Å²) in [7, 11) is 0. The topological polar surface area (TPSA) is 51.2 Å². The molecule has 0 radical (unpaired) electrons. The summed E-state index contributed by atoms with van der Waals surface area (Å²) in [5.41, 5.74) is 4.86. The predicted molar refractivity (Wildman–Crippen MR) is 67.6 cm³/mol. The maximum atomic E-state index is 5.56. The lowest BCUT2D eigenvalue weighted by atomic mass is 10.1. The van der Waals surface area contributed by atoms with Crippen molar-refractivity contribution in [2.24, 2.45) is 5.84 Å². The van der Waals surface area contributed by atoms with Gasteiger partial charge in [0.05, 0.1) is 12.3 Å². The summed E-state index contributed by atoms with van der Waals surface area (Å²) in [6.07, 6.45) is 1.63. The maximum Gasteiger partial charge on any atom is 0.174 e. The second-order valence-corrected chi connectivity index (χ2v) is 5.24. The molecule has 0 amide bonds. The van der Waals surface area contributed by atoms with Gasteiger partial charge in [-0.1, -0.05) is 0 Å². The number of furan rings is 1. The molecule has 0 aliphatic rings. The van der Waals surface area contributed by atoms with Crippen LogP contribution in [0, 0.1) is 0 Å². The minimum Gasteiger partial charge on any atom is -0.457 e. The maximum absolute atomic E-state index is 5.56. The standard InChI is InChI=1S/C9H8Br2N2OS/c10-7-4-15-3-6(7)8(13-12)5-1-2-14-9(5)11/h1-4,8,13H,12H2. The van der Waals surface area contributed by atoms with Gasteiger partial charge in [0.15, 0.2) is 4.67 Å². The molecule has 0 bridgehead atoms. The van der Waals surface area contributed by atoms with Crippen LogP contribution < -0.4 is 11.3 Å². The molecule has 6 heteroatoms. The van der Waals surface area contributed by atoms with Crippen molar-refractivity contribution < 1.29 is 4.42 Å². The number of hydrazine groups is 1. The molecule has 80 valence electrons. The third-order valence-electron chi connectivity index (χ3n) is 2.08. The number of nitrogens with one attached hydrogen (secondary N) is 1. The fraction of sp³-hybridized carbons (Fsp3) is 0.111. The molecular weight excluding hydrogens is 344 g/mol. The molecule has 3 N–H and O–H groups in total. The zero-order valence-electron chi connectivity index (χ0n) is 7.54. The van der Waals surface area contributed by atoms with Crippen molar-refractivity contribution >= 4 is 43.2 Å². The molecule has 2 heterocycles. The van der Waals surface area contributed by atoms with E-state index in [9.17, 15) is 0 Å². The second kappa shape index (κ2) is 4.80. The van der Waals surface area contributed by atoms with Crippen molar-refractivity contribution in [2.75, 3.05) is 0 Å². The van der Waals surface area contributed by atoms with Crippen molar-refractivity contribution in [1.82, 2.24) is 5.43 Å². The molecule has 0 aliphatic heterocycles. The number of nitrogens with two attached hydrogens (primary N) is 1. The van der Waals surface area contributed by atoms with Crippen LogP contribution in [-0.4, -0.2) is 0 Å². The molecule has 2 rings (SSSR count). The van der Waals surface area contributed by atoms with E-state index in [4.69, 9.17) is 10.3 Å². The number of rotatable bonds is 3. The normalized spacial score (nSPS) is 13.0. The lowest BCUT2D eigenvalue weighted by molar-refractivity contribution is 0.526. The van der Waals surface area contributed by atoms with Gasteiger partial charge in [-0.25, -0.2) is 5.43 Å². The smallest absolute Gasteiger partial charge is 0.174 e. The highest BCUT2D eigenvalue weighted by Crippen LogP contribution is 2.34. The van der Waals surface area contributed by atoms with Gasteiger partial charge in [-0.15, -0.1) is 0 Å². The van der Waals surface area contributed by atoms with Gasteiger partial charge in [0.25, 0.3) is 0 Å². The van der Waals surface area contributed by atoms with Crippen LogP contribution in [0.5, 0.6) is 0 Å². The zero-order chi connectivity index (χ0) is 10.8. The monoisotopic (exact) mass is 350 g/mol. The molecule has 0 saturated heterocycles. The fourth-order valence-electron chi connectivity index (χ4n) is 1.35. The SMILES string of the molecule is NNC(c1cscc1Br)c1ccoc1Br. The number of hydrogen-bond donors (Lipinski definition) is 2. The molecule has 0 spiro atoms. The van der Waals surface area contributed by atoms with Gasteiger partial charge >= 0.3 is 0 Å². The molecule has 2 aromatic rings. The molecule has 15 heavy (non-hydrogen) atoms. The van der Waals surface area contributed by atoms with Crippen molar-refractivity contribution in [3.8, 4) is 0 Å². The van der Waals surface area contributed by atoms with E-state index < -0.39 is 0 Å². The molecule has 0 aromatic carbocycles. The van der Waals surface area contributed by atoms with Crippen molar-refractivity contribution in [3.63, 3.8) is 0 Å². The number of halogens is 2. The molecule has 0 fully saturated rings. The van der Waals surface area contributed by atoms with Gasteiger partial charge < -0.3 is 4.42 Å². The minimum atomic E-state index is -0.0706. The highest BCUT2D eigenvalue weighted by atomic mass is 79.9. The van der Waals surface area contributed by atoms with Gasteiger partial charge in [-0.3, -0.25) is 5.84 Å². The first-order valence-electron chi connectivity index (χ1n) is 4.14. The average Bonchev–Trinajstić information content (AvgIpc) is 2.80. The molecule has 1 atom stereocenters. The summed E-state index contributed by atoms with van der Waals surface area (Å²) in [6.45, 7) is 0. The van der Waals surface area contributed by atoms with Gasteiger partial charge in [0.2, 0.25) is 0 Å². The van der Waals surface area contributed by atoms with Crippen LogP contribution in [0.15, 0.2) is 36.6 Å². The van der Waals surface area contributed by atoms with Gasteiger partial charge in [0.1, 0.15) is 0 Å². The zero-order valence-corrected chi connectivity index (χ0v) is 11.5. The first-order valence-corrected chi connectivity index (χ1v) is 6.67. The van der Waals surface area contributed by atoms with Crippen LogP contribution in [-0.2, 0) is 0 Å². The Labute approximate surface area is 108 Å². The summed E-state index contributed by atoms with van der Waals surface area (Å²) in [5.74, 6) is 5.56. The van der Waals surface area contributed by atoms with Gasteiger partial charge in [-0.05, 0) is 48.9 Å². The number of thiophene rings is 1. The quantitative estimate of drug-likeness (QED) is 0.658. The Morgan fingerprint density at radius 2 is 2.13 bits per heavy atom. The summed E-state index contributed by atoms with van der Waals surface area (Å²) in [5, 5.41) is 4.07. The highest BCUT2D eigenvalue weighted by Gasteiger charge is 2.20. The van der Waals surface area contributed by atoms with E-state index in [-0.39, 0.29) is 6.04 Å². The molecule has 2 aromatic heterocycles.